The number of aromatic nitrogens is 3. The summed E-state index contributed by atoms with van der Waals surface area (Å²) in [5.41, 5.74) is 0.857. The third-order valence-electron chi connectivity index (χ3n) is 2.20. The minimum Gasteiger partial charge on any atom is -0.308 e. The van der Waals surface area contributed by atoms with Crippen LogP contribution in [0, 0.1) is 0 Å². The molecule has 1 aromatic rings. The van der Waals surface area contributed by atoms with Crippen molar-refractivity contribution in [1.29, 1.82) is 0 Å². The monoisotopic (exact) mass is 180 g/mol. The molecule has 1 fully saturated rings. The first-order chi connectivity index (χ1) is 6.25. The molecule has 1 N–H and O–H groups in total. The summed E-state index contributed by atoms with van der Waals surface area (Å²) in [5, 5.41) is 11.0. The number of nitrogens with zero attached hydrogens (tertiary/aromatic N) is 3. The van der Waals surface area contributed by atoms with Gasteiger partial charge in [-0.25, -0.2) is 0 Å². The van der Waals surface area contributed by atoms with Crippen molar-refractivity contribution in [3.63, 3.8) is 0 Å². The fourth-order valence-electron chi connectivity index (χ4n) is 1.52. The molecule has 2 rings (SSSR count). The highest BCUT2D eigenvalue weighted by Gasteiger charge is 2.22. The van der Waals surface area contributed by atoms with Gasteiger partial charge in [0.05, 0.1) is 6.04 Å². The number of aryl methyl sites for hydroxylation is 1. The highest BCUT2D eigenvalue weighted by atomic mass is 16.1. The van der Waals surface area contributed by atoms with Crippen LogP contribution in [0.2, 0.25) is 0 Å². The highest BCUT2D eigenvalue weighted by molar-refractivity contribution is 5.80. The van der Waals surface area contributed by atoms with Crippen molar-refractivity contribution < 1.29 is 4.79 Å². The predicted molar refractivity (Wildman–Crippen MR) is 46.0 cm³/mol. The van der Waals surface area contributed by atoms with Crippen LogP contribution >= 0.6 is 0 Å². The summed E-state index contributed by atoms with van der Waals surface area (Å²) in [4.78, 5) is 11.2. The molecule has 0 radical (unpaired) electrons. The maximum Gasteiger partial charge on any atom is 0.136 e. The molecule has 0 spiro atoms. The van der Waals surface area contributed by atoms with E-state index in [1.165, 1.54) is 0 Å². The van der Waals surface area contributed by atoms with Crippen LogP contribution in [-0.2, 0) is 11.8 Å². The molecule has 0 aromatic carbocycles. The number of carbonyl (C=O) groups is 1. The molecule has 0 aliphatic carbocycles. The normalized spacial score (nSPS) is 23.5. The lowest BCUT2D eigenvalue weighted by Gasteiger charge is -2.19. The van der Waals surface area contributed by atoms with Gasteiger partial charge in [-0.3, -0.25) is 9.48 Å². The largest absolute Gasteiger partial charge is 0.308 e. The Hall–Kier alpha value is -1.23. The molecule has 5 heteroatoms. The number of piperidine rings is 1. The van der Waals surface area contributed by atoms with E-state index in [-0.39, 0.29) is 6.04 Å². The molecule has 5 nitrogen and oxygen atoms in total. The molecular formula is C8H12N4O. The third kappa shape index (κ3) is 1.75. The second-order valence-electron chi connectivity index (χ2n) is 3.32. The lowest BCUT2D eigenvalue weighted by Crippen LogP contribution is -2.32. The molecule has 1 unspecified atom stereocenters. The van der Waals surface area contributed by atoms with E-state index in [1.54, 1.807) is 4.68 Å². The Bertz CT molecular complexity index is 320. The number of hydrogen-bond donors (Lipinski definition) is 1. The second-order valence-corrected chi connectivity index (χ2v) is 3.32. The fourth-order valence-corrected chi connectivity index (χ4v) is 1.52. The quantitative estimate of drug-likeness (QED) is 0.650. The first kappa shape index (κ1) is 8.37. The van der Waals surface area contributed by atoms with Gasteiger partial charge >= 0.3 is 0 Å². The Kier molecular flexibility index (Phi) is 2.10. The Morgan fingerprint density at radius 3 is 3.15 bits per heavy atom. The van der Waals surface area contributed by atoms with Crippen molar-refractivity contribution in [2.24, 2.45) is 7.05 Å². The van der Waals surface area contributed by atoms with Gasteiger partial charge in [-0.1, -0.05) is 5.21 Å². The summed E-state index contributed by atoms with van der Waals surface area (Å²) in [6, 6.07) is 0.0648. The summed E-state index contributed by atoms with van der Waals surface area (Å²) in [5.74, 6) is 0.300. The van der Waals surface area contributed by atoms with E-state index >= 15 is 0 Å². The number of Topliss-reactive ketones (excluding diaryl/α,β-unsaturated/α-hetero) is 1. The zero-order valence-corrected chi connectivity index (χ0v) is 7.53. The number of hydrogen-bond acceptors (Lipinski definition) is 4. The topological polar surface area (TPSA) is 59.8 Å². The molecular weight excluding hydrogens is 168 g/mol. The van der Waals surface area contributed by atoms with Crippen molar-refractivity contribution in [3.05, 3.63) is 11.9 Å². The first-order valence-electron chi connectivity index (χ1n) is 4.37. The SMILES string of the molecule is Cn1cc(C2CC(=O)CCN2)nn1. The lowest BCUT2D eigenvalue weighted by molar-refractivity contribution is -0.120. The van der Waals surface area contributed by atoms with Crippen molar-refractivity contribution in [1.82, 2.24) is 20.3 Å². The van der Waals surface area contributed by atoms with Crippen molar-refractivity contribution in [3.8, 4) is 0 Å². The van der Waals surface area contributed by atoms with Crippen LogP contribution in [0.5, 0.6) is 0 Å². The van der Waals surface area contributed by atoms with Gasteiger partial charge in [0.15, 0.2) is 0 Å². The standard InChI is InChI=1S/C8H12N4O/c1-12-5-8(10-11-12)7-4-6(13)2-3-9-7/h5,7,9H,2-4H2,1H3. The molecule has 1 saturated heterocycles. The summed E-state index contributed by atoms with van der Waals surface area (Å²) >= 11 is 0. The number of ketones is 1. The van der Waals surface area contributed by atoms with Gasteiger partial charge in [-0.05, 0) is 0 Å². The number of nitrogens with one attached hydrogen (secondary N) is 1. The van der Waals surface area contributed by atoms with E-state index in [1.807, 2.05) is 13.2 Å². The van der Waals surface area contributed by atoms with Gasteiger partial charge in [0.2, 0.25) is 0 Å². The summed E-state index contributed by atoms with van der Waals surface area (Å²) in [6.07, 6.45) is 3.02. The van der Waals surface area contributed by atoms with Crippen LogP contribution in [-0.4, -0.2) is 27.3 Å². The van der Waals surface area contributed by atoms with E-state index in [9.17, 15) is 4.79 Å². The molecule has 70 valence electrons. The summed E-state index contributed by atoms with van der Waals surface area (Å²) in [7, 11) is 1.82. The van der Waals surface area contributed by atoms with Gasteiger partial charge in [0, 0.05) is 32.6 Å². The van der Waals surface area contributed by atoms with Gasteiger partial charge in [-0.2, -0.15) is 0 Å². The average Bonchev–Trinajstić information content (AvgIpc) is 2.52. The molecule has 1 atom stereocenters. The minimum absolute atomic E-state index is 0.0648. The Morgan fingerprint density at radius 1 is 1.69 bits per heavy atom. The van der Waals surface area contributed by atoms with Gasteiger partial charge in [-0.15, -0.1) is 5.10 Å². The smallest absolute Gasteiger partial charge is 0.136 e. The van der Waals surface area contributed by atoms with Crippen LogP contribution in [0.3, 0.4) is 0 Å². The van der Waals surface area contributed by atoms with Gasteiger partial charge in [0.1, 0.15) is 11.5 Å². The Labute approximate surface area is 76.1 Å². The van der Waals surface area contributed by atoms with E-state index in [2.05, 4.69) is 15.6 Å². The van der Waals surface area contributed by atoms with E-state index in [4.69, 9.17) is 0 Å². The van der Waals surface area contributed by atoms with Crippen LogP contribution in [0.4, 0.5) is 0 Å². The Morgan fingerprint density at radius 2 is 2.54 bits per heavy atom. The molecule has 0 saturated carbocycles. The number of carbonyl (C=O) groups excluding carboxylic acids is 1. The summed E-state index contributed by atoms with van der Waals surface area (Å²) in [6.45, 7) is 0.750. The molecule has 13 heavy (non-hydrogen) atoms. The zero-order valence-electron chi connectivity index (χ0n) is 7.53. The predicted octanol–water partition coefficient (Wildman–Crippen LogP) is -0.191. The maximum atomic E-state index is 11.2. The van der Waals surface area contributed by atoms with E-state index < -0.39 is 0 Å². The average molecular weight is 180 g/mol. The van der Waals surface area contributed by atoms with Crippen LogP contribution in [0.25, 0.3) is 0 Å². The van der Waals surface area contributed by atoms with Crippen molar-refractivity contribution in [2.75, 3.05) is 6.54 Å². The minimum atomic E-state index is 0.0648. The van der Waals surface area contributed by atoms with E-state index in [0.717, 1.165) is 12.2 Å². The Balaban J connectivity index is 2.12. The maximum absolute atomic E-state index is 11.2. The zero-order chi connectivity index (χ0) is 9.26. The van der Waals surface area contributed by atoms with Crippen LogP contribution in [0.1, 0.15) is 24.6 Å². The molecule has 2 heterocycles. The van der Waals surface area contributed by atoms with Crippen LogP contribution in [0.15, 0.2) is 6.20 Å². The molecule has 1 aliphatic heterocycles. The van der Waals surface area contributed by atoms with E-state index in [0.29, 0.717) is 18.6 Å². The second kappa shape index (κ2) is 3.26. The van der Waals surface area contributed by atoms with Crippen molar-refractivity contribution in [2.45, 2.75) is 18.9 Å². The highest BCUT2D eigenvalue weighted by Crippen LogP contribution is 2.17. The van der Waals surface area contributed by atoms with Gasteiger partial charge < -0.3 is 5.32 Å². The molecule has 1 aliphatic rings. The molecule has 0 amide bonds. The summed E-state index contributed by atoms with van der Waals surface area (Å²) < 4.78 is 1.65. The molecule has 1 aromatic heterocycles. The lowest BCUT2D eigenvalue weighted by atomic mass is 10.0. The van der Waals surface area contributed by atoms with Gasteiger partial charge in [0.25, 0.3) is 0 Å². The molecule has 0 bridgehead atoms. The first-order valence-corrected chi connectivity index (χ1v) is 4.37. The van der Waals surface area contributed by atoms with Crippen molar-refractivity contribution >= 4 is 5.78 Å². The number of rotatable bonds is 1. The van der Waals surface area contributed by atoms with Crippen LogP contribution < -0.4 is 5.32 Å². The fraction of sp³-hybridized carbons (Fsp3) is 0.625. The third-order valence-corrected chi connectivity index (χ3v) is 2.20.